The van der Waals surface area contributed by atoms with Crippen molar-refractivity contribution in [3.8, 4) is 11.5 Å². The van der Waals surface area contributed by atoms with Gasteiger partial charge in [0.2, 0.25) is 0 Å². The first kappa shape index (κ1) is 29.3. The fourth-order valence-electron chi connectivity index (χ4n) is 2.88. The van der Waals surface area contributed by atoms with Crippen molar-refractivity contribution in [1.82, 2.24) is 0 Å². The van der Waals surface area contributed by atoms with Crippen LogP contribution in [-0.2, 0) is 4.74 Å². The quantitative estimate of drug-likeness (QED) is 0.203. The van der Waals surface area contributed by atoms with Gasteiger partial charge in [0.25, 0.3) is 0 Å². The molecule has 0 aliphatic carbocycles. The van der Waals surface area contributed by atoms with Crippen molar-refractivity contribution in [2.45, 2.75) is 39.5 Å². The van der Waals surface area contributed by atoms with E-state index in [0.717, 1.165) is 61.4 Å². The van der Waals surface area contributed by atoms with Crippen molar-refractivity contribution in [2.75, 3.05) is 39.5 Å². The molecule has 4 N–H and O–H groups in total. The van der Waals surface area contributed by atoms with E-state index in [1.54, 1.807) is 0 Å². The zero-order valence-electron chi connectivity index (χ0n) is 20.4. The van der Waals surface area contributed by atoms with E-state index in [9.17, 15) is 0 Å². The molecule has 0 saturated heterocycles. The molecule has 0 aliphatic heterocycles. The van der Waals surface area contributed by atoms with Gasteiger partial charge in [-0.2, -0.15) is 0 Å². The van der Waals surface area contributed by atoms with Crippen LogP contribution in [0.1, 0.15) is 50.7 Å². The summed E-state index contributed by atoms with van der Waals surface area (Å²) in [6.45, 7) is 7.68. The topological polar surface area (TPSA) is 104 Å². The van der Waals surface area contributed by atoms with Crippen LogP contribution < -0.4 is 20.9 Å². The average Bonchev–Trinajstić information content (AvgIpc) is 2.84. The van der Waals surface area contributed by atoms with Crippen molar-refractivity contribution in [2.24, 2.45) is 21.5 Å². The lowest BCUT2D eigenvalue weighted by molar-refractivity contribution is 0.0764. The summed E-state index contributed by atoms with van der Waals surface area (Å²) in [5, 5.41) is 0. The summed E-state index contributed by atoms with van der Waals surface area (Å²) < 4.78 is 17.0. The Bertz CT molecular complexity index is 784. The molecule has 0 bridgehead atoms. The van der Waals surface area contributed by atoms with Gasteiger partial charge in [-0.15, -0.1) is 12.4 Å². The molecule has 0 amide bonds. The number of nitrogens with zero attached hydrogens (tertiary/aromatic N) is 2. The van der Waals surface area contributed by atoms with Crippen LogP contribution in [0.4, 0.5) is 0 Å². The van der Waals surface area contributed by atoms with E-state index in [1.807, 2.05) is 48.5 Å². The number of hydrogen-bond acceptors (Lipinski definition) is 5. The van der Waals surface area contributed by atoms with E-state index in [-0.39, 0.29) is 12.4 Å². The van der Waals surface area contributed by atoms with E-state index < -0.39 is 0 Å². The lowest BCUT2D eigenvalue weighted by Crippen LogP contribution is -2.14. The predicted octanol–water partition coefficient (Wildman–Crippen LogP) is 4.59. The molecule has 0 fully saturated rings. The van der Waals surface area contributed by atoms with E-state index in [0.29, 0.717) is 38.1 Å². The SMILES string of the molecule is CCCCN=C(N)c1ccc(OCCOCCOc2ccc(C(N)=NCCCC)cc2)cc1.Cl. The van der Waals surface area contributed by atoms with E-state index >= 15 is 0 Å². The second kappa shape index (κ2) is 17.7. The number of unbranched alkanes of at least 4 members (excludes halogenated alkanes) is 2. The number of aliphatic imine (C=N–C) groups is 2. The number of halogens is 1. The minimum atomic E-state index is 0. The van der Waals surface area contributed by atoms with Crippen LogP contribution in [0.15, 0.2) is 58.5 Å². The first-order valence-corrected chi connectivity index (χ1v) is 11.8. The number of rotatable bonds is 16. The Balaban J connectivity index is 0.00000578. The van der Waals surface area contributed by atoms with E-state index in [4.69, 9.17) is 25.7 Å². The molecule has 2 aromatic carbocycles. The van der Waals surface area contributed by atoms with Gasteiger partial charge in [0, 0.05) is 24.2 Å². The highest BCUT2D eigenvalue weighted by Crippen LogP contribution is 2.13. The lowest BCUT2D eigenvalue weighted by Gasteiger charge is -2.09. The normalized spacial score (nSPS) is 11.7. The zero-order valence-corrected chi connectivity index (χ0v) is 21.2. The number of hydrogen-bond donors (Lipinski definition) is 2. The van der Waals surface area contributed by atoms with Gasteiger partial charge >= 0.3 is 0 Å². The van der Waals surface area contributed by atoms with Crippen LogP contribution in [0, 0.1) is 0 Å². The highest BCUT2D eigenvalue weighted by Gasteiger charge is 2.01. The molecular formula is C26H39ClN4O3. The fraction of sp³-hybridized carbons (Fsp3) is 0.462. The molecule has 188 valence electrons. The highest BCUT2D eigenvalue weighted by molar-refractivity contribution is 5.98. The lowest BCUT2D eigenvalue weighted by atomic mass is 10.2. The Labute approximate surface area is 210 Å². The Kier molecular flexibility index (Phi) is 15.2. The fourth-order valence-corrected chi connectivity index (χ4v) is 2.88. The van der Waals surface area contributed by atoms with Crippen LogP contribution in [-0.4, -0.2) is 51.2 Å². The minimum Gasteiger partial charge on any atom is -0.491 e. The first-order valence-electron chi connectivity index (χ1n) is 11.8. The predicted molar refractivity (Wildman–Crippen MR) is 143 cm³/mol. The number of amidine groups is 2. The molecule has 34 heavy (non-hydrogen) atoms. The Hall–Kier alpha value is -2.77. The molecular weight excluding hydrogens is 452 g/mol. The summed E-state index contributed by atoms with van der Waals surface area (Å²) in [7, 11) is 0. The number of nitrogens with two attached hydrogens (primary N) is 2. The summed E-state index contributed by atoms with van der Waals surface area (Å²) in [5.74, 6) is 2.68. The maximum atomic E-state index is 6.01. The monoisotopic (exact) mass is 490 g/mol. The standard InChI is InChI=1S/C26H38N4O3.ClH/c1-3-5-15-29-25(27)21-7-11-23(12-8-21)32-19-17-31-18-20-33-24-13-9-22(10-14-24)26(28)30-16-6-4-2;/h7-14H,3-6,15-20H2,1-2H3,(H2,27,29)(H2,28,30);1H. The minimum absolute atomic E-state index is 0. The molecule has 0 aromatic heterocycles. The van der Waals surface area contributed by atoms with Crippen LogP contribution in [0.25, 0.3) is 0 Å². The Morgan fingerprint density at radius 3 is 1.38 bits per heavy atom. The Morgan fingerprint density at radius 2 is 1.03 bits per heavy atom. The third-order valence-corrected chi connectivity index (χ3v) is 4.88. The number of benzene rings is 2. The largest absolute Gasteiger partial charge is 0.491 e. The van der Waals surface area contributed by atoms with Gasteiger partial charge in [0.05, 0.1) is 13.2 Å². The summed E-state index contributed by atoms with van der Waals surface area (Å²) in [6.07, 6.45) is 4.30. The van der Waals surface area contributed by atoms with Crippen LogP contribution in [0.5, 0.6) is 11.5 Å². The highest BCUT2D eigenvalue weighted by atomic mass is 35.5. The van der Waals surface area contributed by atoms with Crippen LogP contribution >= 0.6 is 12.4 Å². The number of ether oxygens (including phenoxy) is 3. The molecule has 8 heteroatoms. The summed E-state index contributed by atoms with van der Waals surface area (Å²) in [6, 6.07) is 15.3. The molecule has 0 aliphatic rings. The van der Waals surface area contributed by atoms with Gasteiger partial charge in [0.1, 0.15) is 36.4 Å². The van der Waals surface area contributed by atoms with Crippen LogP contribution in [0.2, 0.25) is 0 Å². The van der Waals surface area contributed by atoms with Crippen LogP contribution in [0.3, 0.4) is 0 Å². The molecule has 2 aromatic rings. The van der Waals surface area contributed by atoms with Gasteiger partial charge in [0.15, 0.2) is 0 Å². The second-order valence-electron chi connectivity index (χ2n) is 7.60. The van der Waals surface area contributed by atoms with Crippen molar-refractivity contribution in [3.63, 3.8) is 0 Å². The third kappa shape index (κ3) is 11.4. The van der Waals surface area contributed by atoms with Crippen molar-refractivity contribution < 1.29 is 14.2 Å². The first-order chi connectivity index (χ1) is 16.1. The molecule has 0 spiro atoms. The van der Waals surface area contributed by atoms with Crippen molar-refractivity contribution in [1.29, 1.82) is 0 Å². The maximum absolute atomic E-state index is 6.01. The van der Waals surface area contributed by atoms with Gasteiger partial charge in [-0.1, -0.05) is 26.7 Å². The van der Waals surface area contributed by atoms with Gasteiger partial charge in [-0.25, -0.2) is 0 Å². The summed E-state index contributed by atoms with van der Waals surface area (Å²) in [4.78, 5) is 8.75. The smallest absolute Gasteiger partial charge is 0.125 e. The van der Waals surface area contributed by atoms with Gasteiger partial charge in [-0.3, -0.25) is 9.98 Å². The molecule has 0 unspecified atom stereocenters. The molecule has 2 rings (SSSR count). The third-order valence-electron chi connectivity index (χ3n) is 4.88. The maximum Gasteiger partial charge on any atom is 0.125 e. The molecule has 0 heterocycles. The van der Waals surface area contributed by atoms with E-state index in [1.165, 1.54) is 0 Å². The summed E-state index contributed by atoms with van der Waals surface area (Å²) >= 11 is 0. The van der Waals surface area contributed by atoms with Crippen molar-refractivity contribution >= 4 is 24.1 Å². The van der Waals surface area contributed by atoms with E-state index in [2.05, 4.69) is 23.8 Å². The second-order valence-corrected chi connectivity index (χ2v) is 7.60. The van der Waals surface area contributed by atoms with Gasteiger partial charge < -0.3 is 25.7 Å². The molecule has 0 radical (unpaired) electrons. The zero-order chi connectivity index (χ0) is 23.7. The Morgan fingerprint density at radius 1 is 0.647 bits per heavy atom. The molecule has 0 atom stereocenters. The van der Waals surface area contributed by atoms with Crippen molar-refractivity contribution in [3.05, 3.63) is 59.7 Å². The summed E-state index contributed by atoms with van der Waals surface area (Å²) in [5.41, 5.74) is 13.8. The molecule has 0 saturated carbocycles. The van der Waals surface area contributed by atoms with Gasteiger partial charge in [-0.05, 0) is 61.4 Å². The molecule has 7 nitrogen and oxygen atoms in total. The average molecular weight is 491 g/mol.